The Balaban J connectivity index is 1.96. The molecule has 2 rings (SSSR count). The number of allylic oxidation sites excluding steroid dienone is 2. The second kappa shape index (κ2) is 8.03. The minimum Gasteiger partial charge on any atom is -0.382 e. The summed E-state index contributed by atoms with van der Waals surface area (Å²) in [6, 6.07) is 9.00. The molecule has 1 aliphatic rings. The van der Waals surface area contributed by atoms with Gasteiger partial charge in [-0.1, -0.05) is 68.8 Å². The van der Waals surface area contributed by atoms with Crippen molar-refractivity contribution >= 4 is 5.57 Å². The zero-order valence-corrected chi connectivity index (χ0v) is 14.1. The first-order valence-corrected chi connectivity index (χ1v) is 8.48. The second-order valence-corrected chi connectivity index (χ2v) is 6.40. The van der Waals surface area contributed by atoms with Gasteiger partial charge in [0.2, 0.25) is 0 Å². The highest BCUT2D eigenvalue weighted by molar-refractivity contribution is 5.73. The maximum atomic E-state index is 4.20. The van der Waals surface area contributed by atoms with E-state index in [1.807, 2.05) is 0 Å². The van der Waals surface area contributed by atoms with Crippen molar-refractivity contribution in [3.8, 4) is 0 Å². The minimum atomic E-state index is 0.284. The maximum Gasteiger partial charge on any atom is 0.0505 e. The van der Waals surface area contributed by atoms with Crippen molar-refractivity contribution in [3.63, 3.8) is 0 Å². The Morgan fingerprint density at radius 1 is 1.23 bits per heavy atom. The molecule has 0 heterocycles. The molecule has 0 saturated carbocycles. The summed E-state index contributed by atoms with van der Waals surface area (Å²) in [5.41, 5.74) is 6.62. The highest BCUT2D eigenvalue weighted by Crippen LogP contribution is 2.31. The van der Waals surface area contributed by atoms with Gasteiger partial charge in [0.15, 0.2) is 0 Å². The molecule has 0 aromatic heterocycles. The van der Waals surface area contributed by atoms with E-state index in [0.29, 0.717) is 0 Å². The Bertz CT molecular complexity index is 565. The van der Waals surface area contributed by atoms with Crippen molar-refractivity contribution in [2.24, 2.45) is 0 Å². The zero-order chi connectivity index (χ0) is 15.9. The smallest absolute Gasteiger partial charge is 0.0505 e. The van der Waals surface area contributed by atoms with Crippen LogP contribution < -0.4 is 5.32 Å². The predicted octanol–water partition coefficient (Wildman–Crippen LogP) is 5.64. The van der Waals surface area contributed by atoms with Gasteiger partial charge in [-0.3, -0.25) is 0 Å². The molecule has 0 aliphatic heterocycles. The van der Waals surface area contributed by atoms with Crippen LogP contribution in [0.2, 0.25) is 0 Å². The lowest BCUT2D eigenvalue weighted by Gasteiger charge is -2.23. The summed E-state index contributed by atoms with van der Waals surface area (Å²) in [4.78, 5) is 0. The zero-order valence-electron chi connectivity index (χ0n) is 14.1. The van der Waals surface area contributed by atoms with E-state index >= 15 is 0 Å². The van der Waals surface area contributed by atoms with Crippen LogP contribution in [-0.4, -0.2) is 6.04 Å². The molecular weight excluding hydrogens is 266 g/mol. The Kier molecular flexibility index (Phi) is 6.06. The molecule has 22 heavy (non-hydrogen) atoms. The number of hydrogen-bond donors (Lipinski definition) is 1. The number of hydrogen-bond acceptors (Lipinski definition) is 1. The minimum absolute atomic E-state index is 0.284. The van der Waals surface area contributed by atoms with E-state index < -0.39 is 0 Å². The fourth-order valence-corrected chi connectivity index (χ4v) is 3.02. The summed E-state index contributed by atoms with van der Waals surface area (Å²) in [6.45, 7) is 12.7. The van der Waals surface area contributed by atoms with Crippen LogP contribution in [-0.2, 0) is 6.42 Å². The molecule has 0 amide bonds. The number of fused-ring (bicyclic) bond motifs is 1. The van der Waals surface area contributed by atoms with Gasteiger partial charge < -0.3 is 5.32 Å². The standard InChI is InChI=1S/C21H29N/c1-5-6-7-10-17(4)22-21(16(2)3)15-19-14-13-18-11-8-9-12-20(18)19/h8-9,11-12,14,21-22H,2,4-7,10,13,15H2,1,3H3. The van der Waals surface area contributed by atoms with E-state index in [2.05, 4.69) is 62.7 Å². The Morgan fingerprint density at radius 2 is 2.00 bits per heavy atom. The molecule has 1 aromatic rings. The number of rotatable bonds is 9. The van der Waals surface area contributed by atoms with E-state index in [0.717, 1.165) is 25.0 Å². The van der Waals surface area contributed by atoms with Crippen LogP contribution in [0.25, 0.3) is 5.57 Å². The van der Waals surface area contributed by atoms with Gasteiger partial charge >= 0.3 is 0 Å². The van der Waals surface area contributed by atoms with Crippen LogP contribution in [0.1, 0.15) is 57.1 Å². The highest BCUT2D eigenvalue weighted by Gasteiger charge is 2.18. The van der Waals surface area contributed by atoms with Crippen LogP contribution in [0.15, 0.2) is 54.8 Å². The molecule has 1 nitrogen and oxygen atoms in total. The monoisotopic (exact) mass is 295 g/mol. The highest BCUT2D eigenvalue weighted by atomic mass is 14.9. The molecular formula is C21H29N. The van der Waals surface area contributed by atoms with Crippen LogP contribution in [0, 0.1) is 0 Å². The van der Waals surface area contributed by atoms with Crippen LogP contribution in [0.5, 0.6) is 0 Å². The van der Waals surface area contributed by atoms with Gasteiger partial charge in [-0.05, 0) is 49.3 Å². The lowest BCUT2D eigenvalue weighted by atomic mass is 9.96. The van der Waals surface area contributed by atoms with Crippen molar-refractivity contribution in [1.29, 1.82) is 0 Å². The molecule has 118 valence electrons. The van der Waals surface area contributed by atoms with Crippen molar-refractivity contribution < 1.29 is 0 Å². The first-order valence-electron chi connectivity index (χ1n) is 8.48. The van der Waals surface area contributed by atoms with Gasteiger partial charge in [-0.2, -0.15) is 0 Å². The van der Waals surface area contributed by atoms with Crippen molar-refractivity contribution in [2.45, 2.75) is 58.4 Å². The van der Waals surface area contributed by atoms with Crippen molar-refractivity contribution in [2.75, 3.05) is 0 Å². The largest absolute Gasteiger partial charge is 0.382 e. The van der Waals surface area contributed by atoms with E-state index in [4.69, 9.17) is 0 Å². The molecule has 0 spiro atoms. The average Bonchev–Trinajstić information content (AvgIpc) is 2.90. The molecule has 0 radical (unpaired) electrons. The quantitative estimate of drug-likeness (QED) is 0.459. The fraction of sp³-hybridized carbons (Fsp3) is 0.429. The van der Waals surface area contributed by atoms with Crippen molar-refractivity contribution in [3.05, 3.63) is 65.9 Å². The number of nitrogens with one attached hydrogen (secondary N) is 1. The second-order valence-electron chi connectivity index (χ2n) is 6.40. The summed E-state index contributed by atoms with van der Waals surface area (Å²) < 4.78 is 0. The lowest BCUT2D eigenvalue weighted by molar-refractivity contribution is 0.608. The Hall–Kier alpha value is -1.76. The summed E-state index contributed by atoms with van der Waals surface area (Å²) in [6.07, 6.45) is 9.23. The first kappa shape index (κ1) is 16.6. The lowest BCUT2D eigenvalue weighted by Crippen LogP contribution is -2.29. The molecule has 0 fully saturated rings. The third kappa shape index (κ3) is 4.37. The molecule has 1 aliphatic carbocycles. The Labute approximate surface area is 135 Å². The Morgan fingerprint density at radius 3 is 2.73 bits per heavy atom. The molecule has 0 saturated heterocycles. The van der Waals surface area contributed by atoms with Crippen LogP contribution in [0.4, 0.5) is 0 Å². The third-order valence-electron chi connectivity index (χ3n) is 4.41. The van der Waals surface area contributed by atoms with Gasteiger partial charge in [0, 0.05) is 5.70 Å². The molecule has 0 bridgehead atoms. The van der Waals surface area contributed by atoms with E-state index in [1.165, 1.54) is 41.5 Å². The summed E-state index contributed by atoms with van der Waals surface area (Å²) in [7, 11) is 0. The molecule has 1 unspecified atom stereocenters. The number of unbranched alkanes of at least 4 members (excludes halogenated alkanes) is 2. The van der Waals surface area contributed by atoms with Gasteiger partial charge in [-0.25, -0.2) is 0 Å². The van der Waals surface area contributed by atoms with Gasteiger partial charge in [0.05, 0.1) is 6.04 Å². The van der Waals surface area contributed by atoms with Crippen LogP contribution >= 0.6 is 0 Å². The summed E-state index contributed by atoms with van der Waals surface area (Å²) in [5, 5.41) is 3.60. The first-order chi connectivity index (χ1) is 10.6. The van der Waals surface area contributed by atoms with Gasteiger partial charge in [0.25, 0.3) is 0 Å². The molecule has 1 aromatic carbocycles. The topological polar surface area (TPSA) is 12.0 Å². The van der Waals surface area contributed by atoms with Gasteiger partial charge in [-0.15, -0.1) is 0 Å². The van der Waals surface area contributed by atoms with Gasteiger partial charge in [0.1, 0.15) is 0 Å². The fourth-order valence-electron chi connectivity index (χ4n) is 3.02. The molecule has 1 N–H and O–H groups in total. The third-order valence-corrected chi connectivity index (χ3v) is 4.41. The number of benzene rings is 1. The summed E-state index contributed by atoms with van der Waals surface area (Å²) >= 11 is 0. The normalized spacial score (nSPS) is 14.2. The van der Waals surface area contributed by atoms with Crippen molar-refractivity contribution in [1.82, 2.24) is 5.32 Å². The predicted molar refractivity (Wildman–Crippen MR) is 97.8 cm³/mol. The SMILES string of the molecule is C=C(CCCCC)NC(CC1=CCc2ccccc21)C(=C)C. The summed E-state index contributed by atoms with van der Waals surface area (Å²) in [5.74, 6) is 0. The van der Waals surface area contributed by atoms with E-state index in [9.17, 15) is 0 Å². The maximum absolute atomic E-state index is 4.20. The molecule has 1 atom stereocenters. The van der Waals surface area contributed by atoms with E-state index in [1.54, 1.807) is 0 Å². The molecule has 1 heteroatoms. The average molecular weight is 295 g/mol. The van der Waals surface area contributed by atoms with Crippen LogP contribution in [0.3, 0.4) is 0 Å². The van der Waals surface area contributed by atoms with E-state index in [-0.39, 0.29) is 6.04 Å².